The molecular formula is C32H46N2O4. The van der Waals surface area contributed by atoms with E-state index in [4.69, 9.17) is 4.98 Å². The molecule has 38 heavy (non-hydrogen) atoms. The highest BCUT2D eigenvalue weighted by molar-refractivity contribution is 5.80. The summed E-state index contributed by atoms with van der Waals surface area (Å²) in [6.45, 7) is 8.94. The predicted octanol–water partition coefficient (Wildman–Crippen LogP) is 4.76. The maximum absolute atomic E-state index is 12.7. The summed E-state index contributed by atoms with van der Waals surface area (Å²) in [4.78, 5) is 20.5. The first kappa shape index (κ1) is 26.5. The highest BCUT2D eigenvalue weighted by Gasteiger charge is 2.65. The average Bonchev–Trinajstić information content (AvgIpc) is 3.22. The number of hydrogen-bond acceptors (Lipinski definition) is 5. The minimum atomic E-state index is -0.375. The number of aliphatic hydroxyl groups excluding tert-OH is 3. The Bertz CT molecular complexity index is 1260. The Morgan fingerprint density at radius 3 is 2.66 bits per heavy atom. The van der Waals surface area contributed by atoms with Crippen LogP contribution in [0.15, 0.2) is 23.0 Å². The van der Waals surface area contributed by atoms with E-state index in [1.165, 1.54) is 0 Å². The van der Waals surface area contributed by atoms with Crippen molar-refractivity contribution < 1.29 is 15.3 Å². The molecule has 4 aliphatic rings. The third kappa shape index (κ3) is 3.92. The van der Waals surface area contributed by atoms with Gasteiger partial charge in [-0.1, -0.05) is 32.9 Å². The van der Waals surface area contributed by atoms with Gasteiger partial charge >= 0.3 is 0 Å². The molecule has 2 aromatic rings. The molecule has 1 aromatic heterocycles. The van der Waals surface area contributed by atoms with Gasteiger partial charge in [-0.15, -0.1) is 0 Å². The number of H-pyrrole nitrogens is 1. The van der Waals surface area contributed by atoms with Crippen LogP contribution >= 0.6 is 0 Å². The second-order valence-electron chi connectivity index (χ2n) is 14.0. The van der Waals surface area contributed by atoms with E-state index in [9.17, 15) is 20.1 Å². The van der Waals surface area contributed by atoms with Crippen LogP contribution in [0.25, 0.3) is 10.9 Å². The number of aryl methyl sites for hydroxylation is 2. The average molecular weight is 523 g/mol. The largest absolute Gasteiger partial charge is 0.393 e. The van der Waals surface area contributed by atoms with Gasteiger partial charge in [0.05, 0.1) is 29.2 Å². The molecule has 0 bridgehead atoms. The van der Waals surface area contributed by atoms with Crippen molar-refractivity contribution in [3.8, 4) is 0 Å². The summed E-state index contributed by atoms with van der Waals surface area (Å²) in [6, 6.07) is 5.81. The van der Waals surface area contributed by atoms with E-state index in [1.54, 1.807) is 0 Å². The molecule has 1 heterocycles. The SMILES string of the molecule is Cc1cccc2nc(CC[C@@H](C)[C@H]3CC[C@H]4[C@H]5C(C[C@H](O)[C@]34C)[C@@]3(C)CC[C@@H](O)C[C@H]3C[C@H]5O)[nH]c(=O)c12. The van der Waals surface area contributed by atoms with Crippen molar-refractivity contribution in [3.63, 3.8) is 0 Å². The minimum Gasteiger partial charge on any atom is -0.393 e. The Balaban J connectivity index is 1.21. The van der Waals surface area contributed by atoms with E-state index in [-0.39, 0.29) is 40.6 Å². The molecule has 0 aliphatic heterocycles. The zero-order valence-electron chi connectivity index (χ0n) is 23.5. The fraction of sp³-hybridized carbons (Fsp3) is 0.750. The Morgan fingerprint density at radius 2 is 1.87 bits per heavy atom. The standard InChI is InChI=1S/C32H46N2O4/c1-17(8-11-27-33-24-7-5-6-18(2)28(24)30(38)34-27)21-9-10-22-29-23(16-26(37)32(21,22)4)31(3)13-12-20(35)14-19(31)15-25(29)36/h5-7,17,19-23,25-26,29,35-37H,8-16H2,1-4H3,(H,33,34,38)/t17-,19+,20-,21-,22+,23?,25-,26+,29+,31+,32-/m1/s1. The second kappa shape index (κ2) is 9.42. The van der Waals surface area contributed by atoms with Crippen molar-refractivity contribution >= 4 is 10.9 Å². The van der Waals surface area contributed by atoms with E-state index in [0.717, 1.165) is 68.3 Å². The number of fused-ring (bicyclic) bond motifs is 6. The molecule has 6 nitrogen and oxygen atoms in total. The number of benzene rings is 1. The summed E-state index contributed by atoms with van der Waals surface area (Å²) in [5, 5.41) is 34.3. The molecule has 4 saturated carbocycles. The Labute approximate surface area is 226 Å². The second-order valence-corrected chi connectivity index (χ2v) is 14.0. The lowest BCUT2D eigenvalue weighted by molar-refractivity contribution is -0.207. The van der Waals surface area contributed by atoms with Crippen molar-refractivity contribution in [3.05, 3.63) is 39.9 Å². The van der Waals surface area contributed by atoms with Crippen molar-refractivity contribution in [2.75, 3.05) is 0 Å². The number of hydrogen-bond donors (Lipinski definition) is 4. The molecule has 0 spiro atoms. The van der Waals surface area contributed by atoms with Crippen molar-refractivity contribution in [1.29, 1.82) is 0 Å². The third-order valence-electron chi connectivity index (χ3n) is 12.3. The van der Waals surface area contributed by atoms with Gasteiger partial charge in [-0.05, 0) is 116 Å². The minimum absolute atomic E-state index is 0.0642. The first-order chi connectivity index (χ1) is 18.0. The zero-order chi connectivity index (χ0) is 27.0. The summed E-state index contributed by atoms with van der Waals surface area (Å²) in [6.07, 6.45) is 6.99. The summed E-state index contributed by atoms with van der Waals surface area (Å²) in [7, 11) is 0. The van der Waals surface area contributed by atoms with Gasteiger partial charge in [-0.3, -0.25) is 4.79 Å². The fourth-order valence-corrected chi connectivity index (χ4v) is 10.2. The number of nitrogens with one attached hydrogen (secondary N) is 1. The van der Waals surface area contributed by atoms with Gasteiger partial charge in [0.25, 0.3) is 5.56 Å². The number of aliphatic hydroxyl groups is 3. The molecule has 11 atom stereocenters. The normalized spacial score (nSPS) is 43.3. The molecule has 0 saturated heterocycles. The topological polar surface area (TPSA) is 106 Å². The Kier molecular flexibility index (Phi) is 6.56. The van der Waals surface area contributed by atoms with Gasteiger partial charge in [-0.2, -0.15) is 0 Å². The van der Waals surface area contributed by atoms with Crippen LogP contribution in [0.3, 0.4) is 0 Å². The van der Waals surface area contributed by atoms with Gasteiger partial charge in [0, 0.05) is 6.42 Å². The molecule has 4 fully saturated rings. The highest BCUT2D eigenvalue weighted by Crippen LogP contribution is 2.68. The zero-order valence-corrected chi connectivity index (χ0v) is 23.5. The van der Waals surface area contributed by atoms with Crippen molar-refractivity contribution in [1.82, 2.24) is 9.97 Å². The van der Waals surface area contributed by atoms with Gasteiger partial charge < -0.3 is 20.3 Å². The first-order valence-corrected chi connectivity index (χ1v) is 15.1. The molecule has 0 amide bonds. The Morgan fingerprint density at radius 1 is 1.08 bits per heavy atom. The van der Waals surface area contributed by atoms with Crippen LogP contribution in [-0.2, 0) is 6.42 Å². The summed E-state index contributed by atoms with van der Waals surface area (Å²) in [5.74, 6) is 2.72. The number of aromatic amines is 1. The van der Waals surface area contributed by atoms with Crippen LogP contribution in [0.2, 0.25) is 0 Å². The smallest absolute Gasteiger partial charge is 0.259 e. The van der Waals surface area contributed by atoms with Crippen LogP contribution in [0, 0.1) is 53.3 Å². The summed E-state index contributed by atoms with van der Waals surface area (Å²) < 4.78 is 0. The lowest BCUT2D eigenvalue weighted by atomic mass is 9.43. The maximum atomic E-state index is 12.7. The summed E-state index contributed by atoms with van der Waals surface area (Å²) in [5.41, 5.74) is 1.53. The van der Waals surface area contributed by atoms with E-state index >= 15 is 0 Å². The lowest BCUT2D eigenvalue weighted by Gasteiger charge is -2.63. The molecule has 208 valence electrons. The van der Waals surface area contributed by atoms with E-state index in [0.29, 0.717) is 41.4 Å². The van der Waals surface area contributed by atoms with Crippen LogP contribution in [0.5, 0.6) is 0 Å². The van der Waals surface area contributed by atoms with Crippen LogP contribution < -0.4 is 5.56 Å². The van der Waals surface area contributed by atoms with Crippen LogP contribution in [0.4, 0.5) is 0 Å². The van der Waals surface area contributed by atoms with E-state index < -0.39 is 0 Å². The molecule has 4 N–H and O–H groups in total. The third-order valence-corrected chi connectivity index (χ3v) is 12.3. The number of rotatable bonds is 4. The molecule has 6 rings (SSSR count). The van der Waals surface area contributed by atoms with Crippen LogP contribution in [0.1, 0.15) is 83.5 Å². The van der Waals surface area contributed by atoms with Gasteiger partial charge in [-0.25, -0.2) is 4.98 Å². The number of aromatic nitrogens is 2. The molecule has 6 heteroatoms. The van der Waals surface area contributed by atoms with Gasteiger partial charge in [0.1, 0.15) is 5.82 Å². The van der Waals surface area contributed by atoms with E-state index in [1.807, 2.05) is 25.1 Å². The lowest BCUT2D eigenvalue weighted by Crippen LogP contribution is -2.62. The van der Waals surface area contributed by atoms with Crippen LogP contribution in [-0.4, -0.2) is 43.6 Å². The van der Waals surface area contributed by atoms with Crippen molar-refractivity contribution in [2.24, 2.45) is 46.3 Å². The Hall–Kier alpha value is -1.76. The molecule has 1 aromatic carbocycles. The fourth-order valence-electron chi connectivity index (χ4n) is 10.2. The first-order valence-electron chi connectivity index (χ1n) is 15.1. The maximum Gasteiger partial charge on any atom is 0.259 e. The molecule has 4 aliphatic carbocycles. The van der Waals surface area contributed by atoms with E-state index in [2.05, 4.69) is 25.8 Å². The monoisotopic (exact) mass is 522 g/mol. The number of nitrogens with zero attached hydrogens (tertiary/aromatic N) is 1. The molecule has 1 unspecified atom stereocenters. The van der Waals surface area contributed by atoms with Gasteiger partial charge in [0.2, 0.25) is 0 Å². The van der Waals surface area contributed by atoms with Crippen molar-refractivity contribution in [2.45, 2.75) is 104 Å². The predicted molar refractivity (Wildman–Crippen MR) is 149 cm³/mol. The molecular weight excluding hydrogens is 476 g/mol. The van der Waals surface area contributed by atoms with Gasteiger partial charge in [0.15, 0.2) is 0 Å². The highest BCUT2D eigenvalue weighted by atomic mass is 16.3. The summed E-state index contributed by atoms with van der Waals surface area (Å²) >= 11 is 0. The molecule has 0 radical (unpaired) electrons. The quantitative estimate of drug-likeness (QED) is 0.463.